The zero-order valence-corrected chi connectivity index (χ0v) is 12.6. The molecule has 0 radical (unpaired) electrons. The summed E-state index contributed by atoms with van der Waals surface area (Å²) in [7, 11) is 1.63. The van der Waals surface area contributed by atoms with Crippen LogP contribution in [0, 0.1) is 0 Å². The summed E-state index contributed by atoms with van der Waals surface area (Å²) in [6, 6.07) is 3.93. The summed E-state index contributed by atoms with van der Waals surface area (Å²) in [5, 5.41) is 6.39. The lowest BCUT2D eigenvalue weighted by molar-refractivity contribution is 0.171. The van der Waals surface area contributed by atoms with Crippen molar-refractivity contribution in [3.8, 4) is 17.2 Å². The Morgan fingerprint density at radius 1 is 1.35 bits per heavy atom. The van der Waals surface area contributed by atoms with Gasteiger partial charge in [0, 0.05) is 24.7 Å². The van der Waals surface area contributed by atoms with E-state index in [2.05, 4.69) is 10.3 Å². The molecule has 1 aliphatic heterocycles. The Kier molecular flexibility index (Phi) is 5.05. The van der Waals surface area contributed by atoms with Crippen LogP contribution in [-0.2, 0) is 13.1 Å². The number of hydrogen-bond donors (Lipinski definition) is 1. The van der Waals surface area contributed by atoms with E-state index in [9.17, 15) is 0 Å². The zero-order valence-electron chi connectivity index (χ0n) is 10.9. The molecule has 0 fully saturated rings. The molecule has 1 aromatic carbocycles. The van der Waals surface area contributed by atoms with Crippen LogP contribution in [0.3, 0.4) is 0 Å². The summed E-state index contributed by atoms with van der Waals surface area (Å²) in [4.78, 5) is 4.23. The first kappa shape index (κ1) is 14.9. The van der Waals surface area contributed by atoms with Gasteiger partial charge in [0.1, 0.15) is 5.01 Å². The average molecular weight is 315 g/mol. The van der Waals surface area contributed by atoms with E-state index < -0.39 is 0 Å². The Morgan fingerprint density at radius 2 is 2.25 bits per heavy atom. The summed E-state index contributed by atoms with van der Waals surface area (Å²) in [5.41, 5.74) is 1.10. The SMILES string of the molecule is COc1cc(CNCc2nccs2)cc2c1OCO2.Cl. The molecule has 1 aromatic heterocycles. The van der Waals surface area contributed by atoms with Crippen LogP contribution in [0.1, 0.15) is 10.6 Å². The third-order valence-electron chi connectivity index (χ3n) is 2.81. The predicted octanol–water partition coefficient (Wildman–Crippen LogP) is 2.59. The third kappa shape index (κ3) is 3.15. The molecule has 0 unspecified atom stereocenters. The van der Waals surface area contributed by atoms with E-state index in [0.717, 1.165) is 29.4 Å². The molecule has 5 nitrogen and oxygen atoms in total. The fraction of sp³-hybridized carbons (Fsp3) is 0.308. The lowest BCUT2D eigenvalue weighted by atomic mass is 10.2. The molecule has 20 heavy (non-hydrogen) atoms. The van der Waals surface area contributed by atoms with Crippen molar-refractivity contribution in [1.29, 1.82) is 0 Å². The second-order valence-electron chi connectivity index (χ2n) is 4.06. The molecule has 2 aromatic rings. The molecule has 1 N–H and O–H groups in total. The number of ether oxygens (including phenoxy) is 3. The van der Waals surface area contributed by atoms with Crippen LogP contribution in [0.2, 0.25) is 0 Å². The van der Waals surface area contributed by atoms with E-state index >= 15 is 0 Å². The largest absolute Gasteiger partial charge is 0.493 e. The second-order valence-corrected chi connectivity index (χ2v) is 5.04. The van der Waals surface area contributed by atoms with Gasteiger partial charge < -0.3 is 19.5 Å². The maximum atomic E-state index is 5.39. The minimum Gasteiger partial charge on any atom is -0.493 e. The topological polar surface area (TPSA) is 52.6 Å². The molecule has 0 saturated heterocycles. The Morgan fingerprint density at radius 3 is 3.00 bits per heavy atom. The summed E-state index contributed by atoms with van der Waals surface area (Å²) in [6.07, 6.45) is 1.81. The summed E-state index contributed by atoms with van der Waals surface area (Å²) in [6.45, 7) is 1.74. The Balaban J connectivity index is 0.00000147. The molecular weight excluding hydrogens is 300 g/mol. The fourth-order valence-corrected chi connectivity index (χ4v) is 2.53. The van der Waals surface area contributed by atoms with Gasteiger partial charge in [0.25, 0.3) is 0 Å². The summed E-state index contributed by atoms with van der Waals surface area (Å²) >= 11 is 1.64. The molecule has 2 heterocycles. The number of hydrogen-bond acceptors (Lipinski definition) is 6. The van der Waals surface area contributed by atoms with Crippen molar-refractivity contribution in [2.45, 2.75) is 13.1 Å². The first-order chi connectivity index (χ1) is 9.36. The Bertz CT molecular complexity index is 563. The zero-order chi connectivity index (χ0) is 13.1. The molecular formula is C13H15ClN2O3S. The number of nitrogens with one attached hydrogen (secondary N) is 1. The van der Waals surface area contributed by atoms with E-state index in [1.54, 1.807) is 18.4 Å². The van der Waals surface area contributed by atoms with E-state index in [4.69, 9.17) is 14.2 Å². The molecule has 0 aliphatic carbocycles. The molecule has 3 rings (SSSR count). The van der Waals surface area contributed by atoms with Crippen molar-refractivity contribution in [2.75, 3.05) is 13.9 Å². The Labute approximate surface area is 127 Å². The van der Waals surface area contributed by atoms with Crippen LogP contribution in [0.5, 0.6) is 17.2 Å². The van der Waals surface area contributed by atoms with Gasteiger partial charge in [-0.3, -0.25) is 0 Å². The third-order valence-corrected chi connectivity index (χ3v) is 3.59. The molecule has 0 atom stereocenters. The smallest absolute Gasteiger partial charge is 0.231 e. The van der Waals surface area contributed by atoms with Gasteiger partial charge in [-0.25, -0.2) is 4.98 Å². The van der Waals surface area contributed by atoms with Gasteiger partial charge in [-0.2, -0.15) is 0 Å². The highest BCUT2D eigenvalue weighted by molar-refractivity contribution is 7.09. The highest BCUT2D eigenvalue weighted by Crippen LogP contribution is 2.41. The number of methoxy groups -OCH3 is 1. The lowest BCUT2D eigenvalue weighted by Crippen LogP contribution is -2.12. The van der Waals surface area contributed by atoms with Crippen LogP contribution in [0.4, 0.5) is 0 Å². The lowest BCUT2D eigenvalue weighted by Gasteiger charge is -2.08. The molecule has 0 spiro atoms. The number of rotatable bonds is 5. The van der Waals surface area contributed by atoms with Gasteiger partial charge in [0.15, 0.2) is 11.5 Å². The van der Waals surface area contributed by atoms with Crippen molar-refractivity contribution in [2.24, 2.45) is 0 Å². The van der Waals surface area contributed by atoms with Crippen molar-refractivity contribution < 1.29 is 14.2 Å². The summed E-state index contributed by atoms with van der Waals surface area (Å²) in [5.74, 6) is 2.14. The van der Waals surface area contributed by atoms with Gasteiger partial charge in [-0.1, -0.05) is 0 Å². The Hall–Kier alpha value is -1.50. The number of nitrogens with zero attached hydrogens (tertiary/aromatic N) is 1. The molecule has 0 bridgehead atoms. The number of thiazole rings is 1. The van der Waals surface area contributed by atoms with E-state index in [-0.39, 0.29) is 19.2 Å². The summed E-state index contributed by atoms with van der Waals surface area (Å²) < 4.78 is 16.1. The minimum atomic E-state index is 0. The highest BCUT2D eigenvalue weighted by Gasteiger charge is 2.19. The van der Waals surface area contributed by atoms with Gasteiger partial charge in [-0.05, 0) is 17.7 Å². The van der Waals surface area contributed by atoms with E-state index in [1.807, 2.05) is 23.7 Å². The fourth-order valence-electron chi connectivity index (χ4n) is 1.94. The molecule has 1 aliphatic rings. The van der Waals surface area contributed by atoms with Crippen LogP contribution in [0.15, 0.2) is 23.7 Å². The standard InChI is InChI=1S/C13H14N2O3S.ClH/c1-16-10-4-9(5-11-13(10)18-8-17-11)6-14-7-12-15-2-3-19-12;/h2-5,14H,6-8H2,1H3;1H. The van der Waals surface area contributed by atoms with Crippen LogP contribution in [-0.4, -0.2) is 18.9 Å². The highest BCUT2D eigenvalue weighted by atomic mass is 35.5. The molecule has 7 heteroatoms. The number of aromatic nitrogens is 1. The quantitative estimate of drug-likeness (QED) is 0.919. The number of halogens is 1. The molecule has 0 amide bonds. The van der Waals surface area contributed by atoms with Crippen molar-refractivity contribution in [3.05, 3.63) is 34.3 Å². The van der Waals surface area contributed by atoms with Gasteiger partial charge >= 0.3 is 0 Å². The normalized spacial score (nSPS) is 12.1. The average Bonchev–Trinajstić information content (AvgIpc) is 3.08. The second kappa shape index (κ2) is 6.78. The van der Waals surface area contributed by atoms with Crippen LogP contribution in [0.25, 0.3) is 0 Å². The van der Waals surface area contributed by atoms with Crippen LogP contribution >= 0.6 is 23.7 Å². The van der Waals surface area contributed by atoms with Gasteiger partial charge in [0.2, 0.25) is 12.5 Å². The molecule has 108 valence electrons. The predicted molar refractivity (Wildman–Crippen MR) is 79.0 cm³/mol. The van der Waals surface area contributed by atoms with E-state index in [0.29, 0.717) is 11.5 Å². The maximum Gasteiger partial charge on any atom is 0.231 e. The minimum absolute atomic E-state index is 0. The van der Waals surface area contributed by atoms with Gasteiger partial charge in [-0.15, -0.1) is 23.7 Å². The first-order valence-corrected chi connectivity index (χ1v) is 6.80. The van der Waals surface area contributed by atoms with Crippen molar-refractivity contribution in [3.63, 3.8) is 0 Å². The van der Waals surface area contributed by atoms with Crippen molar-refractivity contribution in [1.82, 2.24) is 10.3 Å². The van der Waals surface area contributed by atoms with E-state index in [1.165, 1.54) is 0 Å². The van der Waals surface area contributed by atoms with Crippen molar-refractivity contribution >= 4 is 23.7 Å². The maximum absolute atomic E-state index is 5.39. The number of fused-ring (bicyclic) bond motifs is 1. The van der Waals surface area contributed by atoms with Gasteiger partial charge in [0.05, 0.1) is 7.11 Å². The molecule has 0 saturated carbocycles. The number of benzene rings is 1. The van der Waals surface area contributed by atoms with Crippen LogP contribution < -0.4 is 19.5 Å². The first-order valence-electron chi connectivity index (χ1n) is 5.92. The monoisotopic (exact) mass is 314 g/mol.